The summed E-state index contributed by atoms with van der Waals surface area (Å²) in [5.74, 6) is 0. The maximum Gasteiger partial charge on any atom is 0.295 e. The lowest BCUT2D eigenvalue weighted by Crippen LogP contribution is -2.16. The Labute approximate surface area is 99.6 Å². The number of aryl methyl sites for hydroxylation is 2. The van der Waals surface area contributed by atoms with E-state index in [1.54, 1.807) is 0 Å². The second kappa shape index (κ2) is 4.01. The average Bonchev–Trinajstić information content (AvgIpc) is 2.36. The molecule has 17 heavy (non-hydrogen) atoms. The molecule has 0 saturated heterocycles. The number of fused-ring (bicyclic) bond motifs is 2. The zero-order chi connectivity index (χ0) is 11.7. The first kappa shape index (κ1) is 10.0. The Morgan fingerprint density at radius 3 is 2.41 bits per heavy atom. The molecule has 0 aliphatic carbocycles. The minimum Gasteiger partial charge on any atom is -0.114 e. The molecule has 0 aromatic heterocycles. The quantitative estimate of drug-likeness (QED) is 0.698. The van der Waals surface area contributed by atoms with E-state index in [9.17, 15) is 4.91 Å². The molecule has 1 aliphatic rings. The number of hydrogen-bond acceptors (Lipinski definition) is 1. The summed E-state index contributed by atoms with van der Waals surface area (Å²) in [5.41, 5.74) is 6.78. The molecule has 0 spiro atoms. The Kier molecular flexibility index (Phi) is 2.37. The molecule has 0 amide bonds. The van der Waals surface area contributed by atoms with Gasteiger partial charge in [-0.3, -0.25) is 0 Å². The molecule has 3 heteroatoms. The lowest BCUT2D eigenvalue weighted by Gasteiger charge is -2.11. The number of hydrogen-bond donors (Lipinski definition) is 1. The van der Waals surface area contributed by atoms with Crippen molar-refractivity contribution in [1.29, 1.82) is 0 Å². The highest BCUT2D eigenvalue weighted by atomic mass is 16.3. The van der Waals surface area contributed by atoms with Crippen molar-refractivity contribution in [1.82, 2.24) is 0 Å². The lowest BCUT2D eigenvalue weighted by atomic mass is 10.0. The number of benzene rings is 2. The summed E-state index contributed by atoms with van der Waals surface area (Å²) in [5, 5.41) is 0. The monoisotopic (exact) mass is 225 g/mol. The van der Waals surface area contributed by atoms with Crippen LogP contribution in [0, 0.1) is 4.91 Å². The molecule has 0 unspecified atom stereocenters. The van der Waals surface area contributed by atoms with Crippen LogP contribution in [0.1, 0.15) is 11.1 Å². The van der Waals surface area contributed by atoms with Gasteiger partial charge in [0.2, 0.25) is 0 Å². The maximum atomic E-state index is 12.0. The van der Waals surface area contributed by atoms with Crippen LogP contribution in [0.25, 0.3) is 0 Å². The Bertz CT molecular complexity index is 578. The molecule has 1 N–H and O–H groups in total. The van der Waals surface area contributed by atoms with Crippen LogP contribution in [0.2, 0.25) is 0 Å². The van der Waals surface area contributed by atoms with E-state index < -0.39 is 0 Å². The van der Waals surface area contributed by atoms with Crippen molar-refractivity contribution in [2.75, 3.05) is 5.43 Å². The van der Waals surface area contributed by atoms with Gasteiger partial charge in [-0.2, -0.15) is 0 Å². The van der Waals surface area contributed by atoms with Crippen LogP contribution in [0.3, 0.4) is 0 Å². The number of rotatable bonds is 0. The van der Waals surface area contributed by atoms with Crippen LogP contribution < -0.4 is 5.43 Å². The Hall–Kier alpha value is -2.16. The Morgan fingerprint density at radius 1 is 0.882 bits per heavy atom. The number of nitroso groups, excluding NO2 is 1. The van der Waals surface area contributed by atoms with Crippen molar-refractivity contribution < 1.29 is 4.87 Å². The van der Waals surface area contributed by atoms with Gasteiger partial charge in [0.05, 0.1) is 4.91 Å². The van der Waals surface area contributed by atoms with E-state index in [4.69, 9.17) is 0 Å². The second-order valence-electron chi connectivity index (χ2n) is 4.19. The Morgan fingerprint density at radius 2 is 1.53 bits per heavy atom. The summed E-state index contributed by atoms with van der Waals surface area (Å²) in [6, 6.07) is 15.7. The van der Waals surface area contributed by atoms with Crippen molar-refractivity contribution in [3.8, 4) is 0 Å². The largest absolute Gasteiger partial charge is 0.295 e. The number of nitrogens with zero attached hydrogens (tertiary/aromatic N) is 1. The molecule has 3 nitrogen and oxygen atoms in total. The van der Waals surface area contributed by atoms with Crippen molar-refractivity contribution in [2.24, 2.45) is 0 Å². The van der Waals surface area contributed by atoms with Gasteiger partial charge in [-0.1, -0.05) is 36.4 Å². The van der Waals surface area contributed by atoms with E-state index in [2.05, 4.69) is 11.5 Å². The maximum absolute atomic E-state index is 12.0. The predicted octanol–water partition coefficient (Wildman–Crippen LogP) is 3.22. The third kappa shape index (κ3) is 1.80. The van der Waals surface area contributed by atoms with Gasteiger partial charge in [0.1, 0.15) is 5.69 Å². The zero-order valence-electron chi connectivity index (χ0n) is 9.39. The van der Waals surface area contributed by atoms with Gasteiger partial charge in [-0.15, -0.1) is 5.43 Å². The van der Waals surface area contributed by atoms with E-state index in [1.165, 1.54) is 5.56 Å². The predicted molar refractivity (Wildman–Crippen MR) is 67.2 cm³/mol. The topological polar surface area (TPSA) is 32.1 Å². The number of hydrazine groups is 1. The van der Waals surface area contributed by atoms with Gasteiger partial charge in [0.25, 0.3) is 5.69 Å². The van der Waals surface area contributed by atoms with Crippen LogP contribution in [0.15, 0.2) is 48.5 Å². The molecule has 0 bridgehead atoms. The fraction of sp³-hybridized carbons (Fsp3) is 0.143. The zero-order valence-corrected chi connectivity index (χ0v) is 9.39. The van der Waals surface area contributed by atoms with Crippen molar-refractivity contribution in [2.45, 2.75) is 12.8 Å². The Balaban J connectivity index is 2.06. The van der Waals surface area contributed by atoms with Crippen LogP contribution in [0.4, 0.5) is 11.4 Å². The van der Waals surface area contributed by atoms with E-state index in [1.807, 2.05) is 42.5 Å². The minimum atomic E-state index is 0.710. The molecule has 3 rings (SSSR count). The van der Waals surface area contributed by atoms with Gasteiger partial charge in [-0.05, 0) is 24.5 Å². The fourth-order valence-electron chi connectivity index (χ4n) is 2.21. The number of nitrogens with one attached hydrogen (secondary N) is 1. The van der Waals surface area contributed by atoms with E-state index in [0.717, 1.165) is 29.0 Å². The first-order valence-electron chi connectivity index (χ1n) is 5.74. The van der Waals surface area contributed by atoms with Crippen molar-refractivity contribution in [3.63, 3.8) is 0 Å². The molecule has 2 aromatic carbocycles. The van der Waals surface area contributed by atoms with Crippen molar-refractivity contribution in [3.05, 3.63) is 64.6 Å². The van der Waals surface area contributed by atoms with E-state index >= 15 is 0 Å². The van der Waals surface area contributed by atoms with Gasteiger partial charge >= 0.3 is 0 Å². The number of para-hydroxylation sites is 2. The van der Waals surface area contributed by atoms with E-state index in [0.29, 0.717) is 5.69 Å². The molecule has 1 heterocycles. The third-order valence-electron chi connectivity index (χ3n) is 3.11. The van der Waals surface area contributed by atoms with Gasteiger partial charge < -0.3 is 0 Å². The standard InChI is InChI=1S/C14H13N2O/c17-16-14-8-4-2-6-12(14)10-9-11-5-1-3-7-13(11)15-16/h1-8H,9-10H2,(H,15,17)/q+1. The lowest BCUT2D eigenvalue weighted by molar-refractivity contribution is -0.428. The molecular weight excluding hydrogens is 212 g/mol. The molecule has 84 valence electrons. The molecule has 2 aromatic rings. The summed E-state index contributed by atoms with van der Waals surface area (Å²) >= 11 is 0. The summed E-state index contributed by atoms with van der Waals surface area (Å²) < 4.78 is 0. The molecule has 0 fully saturated rings. The molecular formula is C14H13N2O+. The van der Waals surface area contributed by atoms with Crippen LogP contribution in [-0.2, 0) is 12.8 Å². The SMILES string of the molecule is O=[N+]1Nc2ccccc2CCc2ccccc21. The van der Waals surface area contributed by atoms with Crippen LogP contribution in [-0.4, -0.2) is 4.87 Å². The van der Waals surface area contributed by atoms with Gasteiger partial charge in [-0.25, -0.2) is 0 Å². The minimum absolute atomic E-state index is 0.710. The van der Waals surface area contributed by atoms with Gasteiger partial charge in [0, 0.05) is 11.6 Å². The molecule has 0 radical (unpaired) electrons. The fourth-order valence-corrected chi connectivity index (χ4v) is 2.21. The molecule has 0 atom stereocenters. The second-order valence-corrected chi connectivity index (χ2v) is 4.19. The first-order chi connectivity index (χ1) is 8.34. The first-order valence-corrected chi connectivity index (χ1v) is 5.74. The highest BCUT2D eigenvalue weighted by Gasteiger charge is 2.22. The van der Waals surface area contributed by atoms with Gasteiger partial charge in [0.15, 0.2) is 4.87 Å². The summed E-state index contributed by atoms with van der Waals surface area (Å²) in [4.78, 5) is 12.9. The van der Waals surface area contributed by atoms with Crippen molar-refractivity contribution >= 4 is 11.4 Å². The number of anilines is 1. The third-order valence-corrected chi connectivity index (χ3v) is 3.11. The summed E-state index contributed by atoms with van der Waals surface area (Å²) in [6.45, 7) is 0. The normalized spacial score (nSPS) is 14.0. The highest BCUT2D eigenvalue weighted by molar-refractivity contribution is 5.52. The van der Waals surface area contributed by atoms with Crippen LogP contribution in [0.5, 0.6) is 0 Å². The van der Waals surface area contributed by atoms with E-state index in [-0.39, 0.29) is 0 Å². The smallest absolute Gasteiger partial charge is 0.114 e. The summed E-state index contributed by atoms with van der Waals surface area (Å²) in [6.07, 6.45) is 1.85. The summed E-state index contributed by atoms with van der Waals surface area (Å²) in [7, 11) is 0. The molecule has 0 saturated carbocycles. The average molecular weight is 225 g/mol. The highest BCUT2D eigenvalue weighted by Crippen LogP contribution is 2.26. The molecule has 1 aliphatic heterocycles. The van der Waals surface area contributed by atoms with Crippen LogP contribution >= 0.6 is 0 Å².